The van der Waals surface area contributed by atoms with Crippen LogP contribution in [0.1, 0.15) is 0 Å². The maximum Gasteiger partial charge on any atom is 0.0541 e. The topological polar surface area (TPSA) is 17.8 Å². The number of hydrogen-bond donors (Lipinski definition) is 0. The smallest absolute Gasteiger partial charge is 0.0541 e. The van der Waals surface area contributed by atoms with Gasteiger partial charge >= 0.3 is 0 Å². The van der Waals surface area contributed by atoms with Gasteiger partial charge in [0.05, 0.1) is 11.0 Å². The summed E-state index contributed by atoms with van der Waals surface area (Å²) >= 11 is 0. The van der Waals surface area contributed by atoms with Gasteiger partial charge in [0.15, 0.2) is 0 Å². The van der Waals surface area contributed by atoms with Gasteiger partial charge in [0.1, 0.15) is 0 Å². The maximum absolute atomic E-state index is 4.22. The van der Waals surface area contributed by atoms with E-state index in [9.17, 15) is 0 Å². The molecule has 0 amide bonds. The first-order valence-corrected chi connectivity index (χ1v) is 17.5. The van der Waals surface area contributed by atoms with E-state index in [0.29, 0.717) is 0 Å². The Hall–Kier alpha value is -6.77. The Morgan fingerprint density at radius 1 is 0.294 bits per heavy atom. The fourth-order valence-corrected chi connectivity index (χ4v) is 7.97. The molecule has 0 aliphatic heterocycles. The largest absolute Gasteiger partial charge is 0.309 e. The summed E-state index contributed by atoms with van der Waals surface area (Å²) in [5.74, 6) is 0. The summed E-state index contributed by atoms with van der Waals surface area (Å²) in [5, 5.41) is 7.51. The summed E-state index contributed by atoms with van der Waals surface area (Å²) in [7, 11) is 0. The molecule has 2 heterocycles. The molecule has 0 radical (unpaired) electrons. The summed E-state index contributed by atoms with van der Waals surface area (Å²) in [6, 6.07) is 66.2. The van der Waals surface area contributed by atoms with E-state index in [2.05, 4.69) is 192 Å². The monoisotopic (exact) mass is 648 g/mol. The third-order valence-corrected chi connectivity index (χ3v) is 10.3. The molecule has 0 aliphatic carbocycles. The van der Waals surface area contributed by atoms with Crippen molar-refractivity contribution in [1.29, 1.82) is 0 Å². The highest BCUT2D eigenvalue weighted by molar-refractivity contribution is 6.22. The molecule has 2 heteroatoms. The Labute approximate surface area is 296 Å². The third-order valence-electron chi connectivity index (χ3n) is 10.3. The highest BCUT2D eigenvalue weighted by Crippen LogP contribution is 2.45. The third kappa shape index (κ3) is 4.84. The van der Waals surface area contributed by atoms with Crippen molar-refractivity contribution in [3.8, 4) is 50.2 Å². The number of nitrogens with zero attached hydrogens (tertiary/aromatic N) is 2. The number of aromatic nitrogens is 2. The molecular weight excluding hydrogens is 617 g/mol. The van der Waals surface area contributed by atoms with Gasteiger partial charge in [0, 0.05) is 28.9 Å². The Kier molecular flexibility index (Phi) is 6.85. The lowest BCUT2D eigenvalue weighted by molar-refractivity contribution is 1.18. The van der Waals surface area contributed by atoms with Crippen LogP contribution in [0.5, 0.6) is 0 Å². The molecule has 0 spiro atoms. The van der Waals surface area contributed by atoms with Gasteiger partial charge in [0.25, 0.3) is 0 Å². The van der Waals surface area contributed by atoms with Gasteiger partial charge in [-0.25, -0.2) is 0 Å². The average molecular weight is 649 g/mol. The van der Waals surface area contributed by atoms with Crippen LogP contribution in [0, 0.1) is 0 Å². The molecule has 10 aromatic rings. The zero-order valence-electron chi connectivity index (χ0n) is 27.9. The molecule has 10 rings (SSSR count). The normalized spacial score (nSPS) is 11.5. The van der Waals surface area contributed by atoms with E-state index in [-0.39, 0.29) is 0 Å². The molecule has 0 aliphatic rings. The van der Waals surface area contributed by atoms with Crippen LogP contribution in [-0.2, 0) is 0 Å². The van der Waals surface area contributed by atoms with E-state index in [0.717, 1.165) is 5.69 Å². The molecule has 2 nitrogen and oxygen atoms in total. The molecule has 0 N–H and O–H groups in total. The quantitative estimate of drug-likeness (QED) is 0.170. The number of rotatable bonds is 5. The van der Waals surface area contributed by atoms with Crippen LogP contribution in [0.15, 0.2) is 194 Å². The highest BCUT2D eigenvalue weighted by atomic mass is 15.0. The Bertz CT molecular complexity index is 2870. The Morgan fingerprint density at radius 2 is 0.765 bits per heavy atom. The van der Waals surface area contributed by atoms with E-state index in [4.69, 9.17) is 0 Å². The lowest BCUT2D eigenvalue weighted by atomic mass is 9.85. The van der Waals surface area contributed by atoms with Crippen molar-refractivity contribution in [2.24, 2.45) is 0 Å². The van der Waals surface area contributed by atoms with Gasteiger partial charge in [-0.15, -0.1) is 0 Å². The van der Waals surface area contributed by atoms with Crippen molar-refractivity contribution < 1.29 is 0 Å². The predicted octanol–water partition coefficient (Wildman–Crippen LogP) is 13.2. The molecule has 0 fully saturated rings. The van der Waals surface area contributed by atoms with Crippen molar-refractivity contribution in [1.82, 2.24) is 9.55 Å². The van der Waals surface area contributed by atoms with E-state index in [1.54, 1.807) is 0 Å². The Balaban J connectivity index is 1.18. The van der Waals surface area contributed by atoms with Crippen molar-refractivity contribution in [3.63, 3.8) is 0 Å². The predicted molar refractivity (Wildman–Crippen MR) is 215 cm³/mol. The van der Waals surface area contributed by atoms with Gasteiger partial charge in [0.2, 0.25) is 0 Å². The van der Waals surface area contributed by atoms with Gasteiger partial charge < -0.3 is 4.57 Å². The van der Waals surface area contributed by atoms with Gasteiger partial charge in [-0.2, -0.15) is 0 Å². The van der Waals surface area contributed by atoms with E-state index < -0.39 is 0 Å². The minimum Gasteiger partial charge on any atom is -0.309 e. The first kappa shape index (κ1) is 29.2. The summed E-state index contributed by atoms with van der Waals surface area (Å²) in [5.41, 5.74) is 13.3. The number of benzene rings is 8. The van der Waals surface area contributed by atoms with Crippen LogP contribution >= 0.6 is 0 Å². The molecule has 0 bridgehead atoms. The molecule has 51 heavy (non-hydrogen) atoms. The zero-order valence-corrected chi connectivity index (χ0v) is 27.9. The average Bonchev–Trinajstić information content (AvgIpc) is 3.54. The molecular formula is C49H32N2. The van der Waals surface area contributed by atoms with Crippen LogP contribution in [0.3, 0.4) is 0 Å². The summed E-state index contributed by atoms with van der Waals surface area (Å²) in [6.07, 6.45) is 3.71. The Morgan fingerprint density at radius 3 is 1.47 bits per heavy atom. The second kappa shape index (κ2) is 12.0. The molecule has 8 aromatic carbocycles. The van der Waals surface area contributed by atoms with Crippen molar-refractivity contribution in [2.45, 2.75) is 0 Å². The van der Waals surface area contributed by atoms with E-state index in [1.807, 2.05) is 12.4 Å². The number of pyridine rings is 1. The van der Waals surface area contributed by atoms with Gasteiger partial charge in [-0.05, 0) is 115 Å². The second-order valence-electron chi connectivity index (χ2n) is 13.2. The van der Waals surface area contributed by atoms with Crippen molar-refractivity contribution in [2.75, 3.05) is 0 Å². The molecule has 238 valence electrons. The van der Waals surface area contributed by atoms with Crippen LogP contribution in [0.4, 0.5) is 0 Å². The van der Waals surface area contributed by atoms with Crippen LogP contribution in [-0.4, -0.2) is 9.55 Å². The molecule has 0 unspecified atom stereocenters. The lowest BCUT2D eigenvalue weighted by Crippen LogP contribution is -1.95. The highest BCUT2D eigenvalue weighted by Gasteiger charge is 2.18. The minimum absolute atomic E-state index is 1.14. The summed E-state index contributed by atoms with van der Waals surface area (Å²) in [6.45, 7) is 0. The second-order valence-corrected chi connectivity index (χ2v) is 13.2. The number of fused-ring (bicyclic) bond motifs is 5. The summed E-state index contributed by atoms with van der Waals surface area (Å²) < 4.78 is 2.39. The van der Waals surface area contributed by atoms with Gasteiger partial charge in [-0.1, -0.05) is 133 Å². The fourth-order valence-electron chi connectivity index (χ4n) is 7.97. The van der Waals surface area contributed by atoms with Crippen molar-refractivity contribution >= 4 is 43.4 Å². The van der Waals surface area contributed by atoms with Crippen molar-refractivity contribution in [3.05, 3.63) is 194 Å². The number of hydrogen-bond acceptors (Lipinski definition) is 1. The molecule has 2 aromatic heterocycles. The maximum atomic E-state index is 4.22. The van der Waals surface area contributed by atoms with Crippen LogP contribution in [0.2, 0.25) is 0 Å². The summed E-state index contributed by atoms with van der Waals surface area (Å²) in [4.78, 5) is 4.22. The first-order valence-electron chi connectivity index (χ1n) is 17.5. The molecule has 0 atom stereocenters. The zero-order chi connectivity index (χ0) is 33.7. The fraction of sp³-hybridized carbons (Fsp3) is 0. The minimum atomic E-state index is 1.14. The van der Waals surface area contributed by atoms with Crippen LogP contribution in [0.25, 0.3) is 93.5 Å². The SMILES string of the molecule is c1ccc(-c2ccc3c(-c4ccc(-n5c6ccccc6c6cc(-c7ccncc7)ccc65)cc4)c4ccccc4c(-c4ccccc4)c3c2)cc1. The van der Waals surface area contributed by atoms with E-state index in [1.165, 1.54) is 87.9 Å². The lowest BCUT2D eigenvalue weighted by Gasteiger charge is -2.19. The number of para-hydroxylation sites is 1. The molecule has 0 saturated carbocycles. The first-order chi connectivity index (χ1) is 25.3. The van der Waals surface area contributed by atoms with E-state index >= 15 is 0 Å². The van der Waals surface area contributed by atoms with Gasteiger partial charge in [-0.3, -0.25) is 4.98 Å². The standard InChI is InChI=1S/C49H32N2/c1-3-11-33(12-4-1)37-21-25-43-45(32-37)49(35-13-5-2-6-14-35)42-17-8-7-16-41(42)48(43)36-19-23-39(24-20-36)51-46-18-10-9-15-40(46)44-31-38(22-26-47(44)51)34-27-29-50-30-28-34/h1-32H. The van der Waals surface area contributed by atoms with Crippen LogP contribution < -0.4 is 0 Å². The molecule has 0 saturated heterocycles.